The van der Waals surface area contributed by atoms with Crippen molar-refractivity contribution >= 4 is 34.7 Å². The quantitative estimate of drug-likeness (QED) is 0.521. The molecule has 1 N–H and O–H groups in total. The molecule has 0 saturated carbocycles. The summed E-state index contributed by atoms with van der Waals surface area (Å²) < 4.78 is 10.7. The summed E-state index contributed by atoms with van der Waals surface area (Å²) in [5.41, 5.74) is 2.92. The number of amides is 2. The van der Waals surface area contributed by atoms with E-state index < -0.39 is 11.8 Å². The Kier molecular flexibility index (Phi) is 6.33. The van der Waals surface area contributed by atoms with Gasteiger partial charge in [0.2, 0.25) is 0 Å². The number of nitrogens with zero attached hydrogens (tertiary/aromatic N) is 2. The number of hydrogen-bond donors (Lipinski definition) is 1. The van der Waals surface area contributed by atoms with Gasteiger partial charge in [0.05, 0.1) is 32.0 Å². The number of methoxy groups -OCH3 is 2. The second-order valence-electron chi connectivity index (χ2n) is 7.37. The number of anilines is 1. The highest BCUT2D eigenvalue weighted by atomic mass is 35.5. The number of rotatable bonds is 7. The predicted molar refractivity (Wildman–Crippen MR) is 126 cm³/mol. The van der Waals surface area contributed by atoms with E-state index in [1.807, 2.05) is 13.0 Å². The van der Waals surface area contributed by atoms with E-state index in [1.54, 1.807) is 54.7 Å². The molecule has 2 amide bonds. The molecule has 2 aromatic carbocycles. The Hall–Kier alpha value is -3.84. The average molecular weight is 464 g/mol. The van der Waals surface area contributed by atoms with Crippen LogP contribution in [0.25, 0.3) is 5.57 Å². The van der Waals surface area contributed by atoms with Crippen molar-refractivity contribution in [2.75, 3.05) is 19.5 Å². The fourth-order valence-corrected chi connectivity index (χ4v) is 3.80. The van der Waals surface area contributed by atoms with Crippen molar-refractivity contribution in [1.29, 1.82) is 0 Å². The lowest BCUT2D eigenvalue weighted by Gasteiger charge is -2.15. The monoisotopic (exact) mass is 463 g/mol. The molecule has 1 aliphatic heterocycles. The third-order valence-electron chi connectivity index (χ3n) is 5.41. The van der Waals surface area contributed by atoms with Gasteiger partial charge in [0.1, 0.15) is 5.70 Å². The molecule has 168 valence electrons. The molecule has 0 atom stereocenters. The minimum absolute atomic E-state index is 0.0506. The summed E-state index contributed by atoms with van der Waals surface area (Å²) >= 11 is 6.27. The molecular weight excluding hydrogens is 442 g/mol. The summed E-state index contributed by atoms with van der Waals surface area (Å²) in [6, 6.07) is 15.8. The lowest BCUT2D eigenvalue weighted by atomic mass is 10.0. The minimum atomic E-state index is -0.449. The van der Waals surface area contributed by atoms with Crippen LogP contribution in [0.3, 0.4) is 0 Å². The first-order chi connectivity index (χ1) is 15.9. The van der Waals surface area contributed by atoms with Crippen molar-refractivity contribution in [3.63, 3.8) is 0 Å². The number of nitrogens with one attached hydrogen (secondary N) is 1. The van der Waals surface area contributed by atoms with Gasteiger partial charge in [-0.15, -0.1) is 0 Å². The Morgan fingerprint density at radius 1 is 0.970 bits per heavy atom. The van der Waals surface area contributed by atoms with Gasteiger partial charge in [0.15, 0.2) is 11.5 Å². The Bertz CT molecular complexity index is 1260. The van der Waals surface area contributed by atoms with Crippen molar-refractivity contribution < 1.29 is 19.1 Å². The summed E-state index contributed by atoms with van der Waals surface area (Å²) in [7, 11) is 3.05. The zero-order chi connectivity index (χ0) is 23.5. The molecule has 1 aromatic heterocycles. The molecule has 2 heterocycles. The molecule has 7 nitrogen and oxygen atoms in total. The van der Waals surface area contributed by atoms with Gasteiger partial charge >= 0.3 is 0 Å². The zero-order valence-electron chi connectivity index (χ0n) is 18.4. The van der Waals surface area contributed by atoms with Crippen LogP contribution in [0.5, 0.6) is 11.5 Å². The third-order valence-corrected chi connectivity index (χ3v) is 5.82. The Balaban J connectivity index is 1.81. The van der Waals surface area contributed by atoms with Crippen LogP contribution in [0.4, 0.5) is 5.69 Å². The van der Waals surface area contributed by atoms with Crippen molar-refractivity contribution in [2.24, 2.45) is 0 Å². The number of benzene rings is 2. The maximum absolute atomic E-state index is 13.5. The number of ether oxygens (including phenoxy) is 2. The van der Waals surface area contributed by atoms with Gasteiger partial charge in [-0.05, 0) is 54.4 Å². The molecule has 0 unspecified atom stereocenters. The van der Waals surface area contributed by atoms with Crippen LogP contribution in [0, 0.1) is 6.92 Å². The summed E-state index contributed by atoms with van der Waals surface area (Å²) in [6.07, 6.45) is 1.62. The number of aromatic nitrogens is 1. The van der Waals surface area contributed by atoms with Crippen LogP contribution >= 0.6 is 11.6 Å². The van der Waals surface area contributed by atoms with E-state index in [-0.39, 0.29) is 17.8 Å². The maximum atomic E-state index is 13.5. The number of carbonyl (C=O) groups excluding carboxylic acids is 2. The Morgan fingerprint density at radius 2 is 1.76 bits per heavy atom. The number of pyridine rings is 1. The second-order valence-corrected chi connectivity index (χ2v) is 7.78. The second kappa shape index (κ2) is 9.34. The molecule has 8 heteroatoms. The molecule has 0 aliphatic carbocycles. The smallest absolute Gasteiger partial charge is 0.278 e. The lowest BCUT2D eigenvalue weighted by Crippen LogP contribution is -2.32. The van der Waals surface area contributed by atoms with E-state index in [4.69, 9.17) is 21.1 Å². The van der Waals surface area contributed by atoms with Crippen LogP contribution in [0.15, 0.2) is 66.5 Å². The van der Waals surface area contributed by atoms with E-state index in [1.165, 1.54) is 19.1 Å². The minimum Gasteiger partial charge on any atom is -0.493 e. The van der Waals surface area contributed by atoms with Gasteiger partial charge < -0.3 is 14.8 Å². The van der Waals surface area contributed by atoms with E-state index >= 15 is 0 Å². The van der Waals surface area contributed by atoms with Crippen LogP contribution in [0.2, 0.25) is 5.02 Å². The summed E-state index contributed by atoms with van der Waals surface area (Å²) in [5, 5.41) is 3.70. The third kappa shape index (κ3) is 4.27. The summed E-state index contributed by atoms with van der Waals surface area (Å²) in [4.78, 5) is 32.4. The van der Waals surface area contributed by atoms with Crippen LogP contribution < -0.4 is 14.8 Å². The molecule has 0 fully saturated rings. The zero-order valence-corrected chi connectivity index (χ0v) is 19.1. The number of hydrogen-bond acceptors (Lipinski definition) is 6. The van der Waals surface area contributed by atoms with Gasteiger partial charge in [-0.3, -0.25) is 19.5 Å². The first-order valence-corrected chi connectivity index (χ1v) is 10.6. The normalized spacial score (nSPS) is 13.5. The van der Waals surface area contributed by atoms with Crippen molar-refractivity contribution in [3.8, 4) is 11.5 Å². The first kappa shape index (κ1) is 22.4. The molecule has 0 spiro atoms. The predicted octanol–water partition coefficient (Wildman–Crippen LogP) is 4.45. The van der Waals surface area contributed by atoms with Gasteiger partial charge in [-0.1, -0.05) is 29.8 Å². The van der Waals surface area contributed by atoms with E-state index in [2.05, 4.69) is 10.3 Å². The molecule has 1 aliphatic rings. The molecule has 4 rings (SSSR count). The number of imide groups is 1. The van der Waals surface area contributed by atoms with Crippen molar-refractivity contribution in [1.82, 2.24) is 9.88 Å². The van der Waals surface area contributed by atoms with Crippen molar-refractivity contribution in [3.05, 3.63) is 88.3 Å². The number of halogens is 1. The highest BCUT2D eigenvalue weighted by Crippen LogP contribution is 2.37. The summed E-state index contributed by atoms with van der Waals surface area (Å²) in [5.74, 6) is 0.0863. The Morgan fingerprint density at radius 3 is 2.45 bits per heavy atom. The molecule has 0 bridgehead atoms. The first-order valence-electron chi connectivity index (χ1n) is 10.2. The van der Waals surface area contributed by atoms with Gasteiger partial charge in [0.25, 0.3) is 11.8 Å². The fraction of sp³-hybridized carbons (Fsp3) is 0.160. The lowest BCUT2D eigenvalue weighted by molar-refractivity contribution is -0.137. The van der Waals surface area contributed by atoms with E-state index in [0.717, 1.165) is 5.56 Å². The highest BCUT2D eigenvalue weighted by Gasteiger charge is 2.40. The van der Waals surface area contributed by atoms with E-state index in [9.17, 15) is 9.59 Å². The fourth-order valence-electron chi connectivity index (χ4n) is 3.63. The SMILES string of the molecule is COc1ccc(C2=C(Nc3cccc(Cl)c3C)C(=O)N(Cc3ccccn3)C2=O)cc1OC. The average Bonchev–Trinajstić information content (AvgIpc) is 3.06. The summed E-state index contributed by atoms with van der Waals surface area (Å²) in [6.45, 7) is 1.89. The standard InChI is InChI=1S/C25H22ClN3O4/c1-15-18(26)8-6-9-19(15)28-23-22(16-10-11-20(32-2)21(13-16)33-3)24(30)29(25(23)31)14-17-7-4-5-12-27-17/h4-13,28H,14H2,1-3H3. The number of carbonyl (C=O) groups is 2. The van der Waals surface area contributed by atoms with E-state index in [0.29, 0.717) is 33.5 Å². The Labute approximate surface area is 196 Å². The largest absolute Gasteiger partial charge is 0.493 e. The molecule has 33 heavy (non-hydrogen) atoms. The van der Waals surface area contributed by atoms with Crippen LogP contribution in [-0.2, 0) is 16.1 Å². The van der Waals surface area contributed by atoms with Crippen LogP contribution in [-0.4, -0.2) is 35.9 Å². The van der Waals surface area contributed by atoms with Gasteiger partial charge in [-0.25, -0.2) is 0 Å². The van der Waals surface area contributed by atoms with Gasteiger partial charge in [0, 0.05) is 16.9 Å². The maximum Gasteiger partial charge on any atom is 0.278 e. The molecule has 0 saturated heterocycles. The van der Waals surface area contributed by atoms with Crippen LogP contribution in [0.1, 0.15) is 16.8 Å². The molecule has 3 aromatic rings. The highest BCUT2D eigenvalue weighted by molar-refractivity contribution is 6.36. The van der Waals surface area contributed by atoms with Gasteiger partial charge in [-0.2, -0.15) is 0 Å². The van der Waals surface area contributed by atoms with Crippen molar-refractivity contribution in [2.45, 2.75) is 13.5 Å². The topological polar surface area (TPSA) is 80.8 Å². The molecular formula is C25H22ClN3O4. The molecule has 0 radical (unpaired) electrons.